The lowest BCUT2D eigenvalue weighted by atomic mass is 10.1. The second-order valence-electron chi connectivity index (χ2n) is 5.07. The zero-order valence-electron chi connectivity index (χ0n) is 12.6. The van der Waals surface area contributed by atoms with E-state index < -0.39 is 0 Å². The van der Waals surface area contributed by atoms with Crippen LogP contribution in [-0.4, -0.2) is 16.0 Å². The molecular weight excluding hydrogens is 334 g/mol. The van der Waals surface area contributed by atoms with Crippen molar-refractivity contribution in [1.82, 2.24) is 10.1 Å². The molecule has 118 valence electrons. The molecule has 0 aliphatic rings. The summed E-state index contributed by atoms with van der Waals surface area (Å²) in [6.07, 6.45) is 0.219. The summed E-state index contributed by atoms with van der Waals surface area (Å²) in [6.45, 7) is 3.62. The minimum Gasteiger partial charge on any atom is -0.361 e. The summed E-state index contributed by atoms with van der Waals surface area (Å²) >= 11 is 7.26. The van der Waals surface area contributed by atoms with E-state index in [2.05, 4.69) is 15.5 Å². The molecule has 0 saturated carbocycles. The van der Waals surface area contributed by atoms with Crippen LogP contribution in [0.2, 0.25) is 5.02 Å². The van der Waals surface area contributed by atoms with Gasteiger partial charge in [-0.25, -0.2) is 4.98 Å². The van der Waals surface area contributed by atoms with Gasteiger partial charge in [0.15, 0.2) is 5.13 Å². The van der Waals surface area contributed by atoms with Crippen LogP contribution in [0.5, 0.6) is 0 Å². The second-order valence-corrected chi connectivity index (χ2v) is 6.37. The molecule has 0 spiro atoms. The SMILES string of the molecule is Cc1noc(C)c1CC(=O)Nc1nc(-c2ccc(Cl)cc2)cs1. The zero-order valence-corrected chi connectivity index (χ0v) is 14.2. The fourth-order valence-corrected chi connectivity index (χ4v) is 3.02. The first-order chi connectivity index (χ1) is 11.0. The van der Waals surface area contributed by atoms with Crippen molar-refractivity contribution >= 4 is 34.0 Å². The number of hydrogen-bond donors (Lipinski definition) is 1. The highest BCUT2D eigenvalue weighted by atomic mass is 35.5. The number of carbonyl (C=O) groups is 1. The number of thiazole rings is 1. The molecule has 0 bridgehead atoms. The van der Waals surface area contributed by atoms with Crippen LogP contribution in [0.1, 0.15) is 17.0 Å². The third kappa shape index (κ3) is 3.60. The molecule has 0 unspecified atom stereocenters. The summed E-state index contributed by atoms with van der Waals surface area (Å²) in [5.74, 6) is 0.523. The van der Waals surface area contributed by atoms with Crippen molar-refractivity contribution in [3.05, 3.63) is 51.7 Å². The van der Waals surface area contributed by atoms with Gasteiger partial charge in [-0.1, -0.05) is 28.9 Å². The van der Waals surface area contributed by atoms with Gasteiger partial charge in [0.05, 0.1) is 17.8 Å². The number of rotatable bonds is 4. The Morgan fingerprint density at radius 3 is 2.70 bits per heavy atom. The molecular formula is C16H14ClN3O2S. The van der Waals surface area contributed by atoms with Crippen LogP contribution in [0.15, 0.2) is 34.2 Å². The normalized spacial score (nSPS) is 10.7. The molecule has 0 saturated heterocycles. The molecule has 23 heavy (non-hydrogen) atoms. The van der Waals surface area contributed by atoms with Gasteiger partial charge < -0.3 is 9.84 Å². The summed E-state index contributed by atoms with van der Waals surface area (Å²) in [5, 5.41) is 9.79. The highest BCUT2D eigenvalue weighted by molar-refractivity contribution is 7.14. The number of nitrogens with zero attached hydrogens (tertiary/aromatic N) is 2. The summed E-state index contributed by atoms with van der Waals surface area (Å²) in [6, 6.07) is 7.41. The van der Waals surface area contributed by atoms with Gasteiger partial charge in [-0.15, -0.1) is 11.3 Å². The van der Waals surface area contributed by atoms with Crippen molar-refractivity contribution in [2.45, 2.75) is 20.3 Å². The first-order valence-electron chi connectivity index (χ1n) is 6.96. The van der Waals surface area contributed by atoms with Gasteiger partial charge in [0.1, 0.15) is 5.76 Å². The molecule has 0 atom stereocenters. The molecule has 0 radical (unpaired) electrons. The average Bonchev–Trinajstić information content (AvgIpc) is 3.10. The fraction of sp³-hybridized carbons (Fsp3) is 0.188. The van der Waals surface area contributed by atoms with E-state index in [9.17, 15) is 4.79 Å². The van der Waals surface area contributed by atoms with Gasteiger partial charge in [-0.3, -0.25) is 4.79 Å². The molecule has 0 aliphatic heterocycles. The Morgan fingerprint density at radius 1 is 1.30 bits per heavy atom. The number of aromatic nitrogens is 2. The van der Waals surface area contributed by atoms with Gasteiger partial charge in [-0.05, 0) is 26.0 Å². The average molecular weight is 348 g/mol. The first-order valence-corrected chi connectivity index (χ1v) is 8.22. The molecule has 2 heterocycles. The lowest BCUT2D eigenvalue weighted by Gasteiger charge is -2.01. The fourth-order valence-electron chi connectivity index (χ4n) is 2.16. The van der Waals surface area contributed by atoms with Crippen LogP contribution in [0.25, 0.3) is 11.3 Å². The van der Waals surface area contributed by atoms with Crippen molar-refractivity contribution in [3.63, 3.8) is 0 Å². The van der Waals surface area contributed by atoms with E-state index in [1.807, 2.05) is 36.6 Å². The van der Waals surface area contributed by atoms with Gasteiger partial charge in [0.25, 0.3) is 0 Å². The van der Waals surface area contributed by atoms with E-state index in [0.717, 1.165) is 22.5 Å². The van der Waals surface area contributed by atoms with Crippen molar-refractivity contribution in [2.24, 2.45) is 0 Å². The summed E-state index contributed by atoms with van der Waals surface area (Å²) in [7, 11) is 0. The maximum absolute atomic E-state index is 12.1. The number of hydrogen-bond acceptors (Lipinski definition) is 5. The quantitative estimate of drug-likeness (QED) is 0.766. The van der Waals surface area contributed by atoms with Gasteiger partial charge in [-0.2, -0.15) is 0 Å². The Balaban J connectivity index is 1.69. The Morgan fingerprint density at radius 2 is 2.04 bits per heavy atom. The third-order valence-corrected chi connectivity index (χ3v) is 4.42. The molecule has 1 amide bonds. The van der Waals surface area contributed by atoms with Gasteiger partial charge in [0.2, 0.25) is 5.91 Å². The van der Waals surface area contributed by atoms with E-state index >= 15 is 0 Å². The predicted molar refractivity (Wildman–Crippen MR) is 90.9 cm³/mol. The molecule has 0 aliphatic carbocycles. The number of benzene rings is 1. The van der Waals surface area contributed by atoms with Crippen molar-refractivity contribution in [3.8, 4) is 11.3 Å². The first kappa shape index (κ1) is 15.7. The van der Waals surface area contributed by atoms with Crippen LogP contribution in [0.4, 0.5) is 5.13 Å². The highest BCUT2D eigenvalue weighted by Crippen LogP contribution is 2.26. The smallest absolute Gasteiger partial charge is 0.230 e. The second kappa shape index (κ2) is 6.52. The monoisotopic (exact) mass is 347 g/mol. The van der Waals surface area contributed by atoms with Crippen LogP contribution in [0, 0.1) is 13.8 Å². The Labute approximate surface area is 142 Å². The molecule has 5 nitrogen and oxygen atoms in total. The minimum atomic E-state index is -0.142. The Kier molecular flexibility index (Phi) is 4.45. The number of carbonyl (C=O) groups excluding carboxylic acids is 1. The van der Waals surface area contributed by atoms with E-state index in [1.54, 1.807) is 6.92 Å². The summed E-state index contributed by atoms with van der Waals surface area (Å²) in [4.78, 5) is 16.6. The highest BCUT2D eigenvalue weighted by Gasteiger charge is 2.15. The molecule has 1 N–H and O–H groups in total. The van der Waals surface area contributed by atoms with Crippen molar-refractivity contribution < 1.29 is 9.32 Å². The predicted octanol–water partition coefficient (Wildman–Crippen LogP) is 4.25. The number of amides is 1. The van der Waals surface area contributed by atoms with E-state index in [-0.39, 0.29) is 12.3 Å². The number of anilines is 1. The van der Waals surface area contributed by atoms with E-state index in [1.165, 1.54) is 11.3 Å². The molecule has 7 heteroatoms. The standard InChI is InChI=1S/C16H14ClN3O2S/c1-9-13(10(2)22-20-9)7-15(21)19-16-18-14(8-23-16)11-3-5-12(17)6-4-11/h3-6,8H,7H2,1-2H3,(H,18,19,21). The molecule has 2 aromatic heterocycles. The number of aryl methyl sites for hydroxylation is 2. The maximum Gasteiger partial charge on any atom is 0.230 e. The summed E-state index contributed by atoms with van der Waals surface area (Å²) in [5.41, 5.74) is 3.31. The van der Waals surface area contributed by atoms with Gasteiger partial charge in [0, 0.05) is 21.5 Å². The molecule has 0 fully saturated rings. The van der Waals surface area contributed by atoms with Crippen LogP contribution in [-0.2, 0) is 11.2 Å². The maximum atomic E-state index is 12.1. The third-order valence-electron chi connectivity index (χ3n) is 3.41. The lowest BCUT2D eigenvalue weighted by Crippen LogP contribution is -2.15. The Hall–Kier alpha value is -2.18. The molecule has 3 rings (SSSR count). The molecule has 3 aromatic rings. The minimum absolute atomic E-state index is 0.142. The topological polar surface area (TPSA) is 68.0 Å². The van der Waals surface area contributed by atoms with Crippen LogP contribution in [0.3, 0.4) is 0 Å². The van der Waals surface area contributed by atoms with E-state index in [0.29, 0.717) is 15.9 Å². The zero-order chi connectivity index (χ0) is 16.4. The number of halogens is 1. The molecule has 1 aromatic carbocycles. The lowest BCUT2D eigenvalue weighted by molar-refractivity contribution is -0.115. The van der Waals surface area contributed by atoms with Crippen LogP contribution >= 0.6 is 22.9 Å². The largest absolute Gasteiger partial charge is 0.361 e. The van der Waals surface area contributed by atoms with Crippen molar-refractivity contribution in [1.29, 1.82) is 0 Å². The van der Waals surface area contributed by atoms with Crippen LogP contribution < -0.4 is 5.32 Å². The van der Waals surface area contributed by atoms with Gasteiger partial charge >= 0.3 is 0 Å². The number of nitrogens with one attached hydrogen (secondary N) is 1. The summed E-state index contributed by atoms with van der Waals surface area (Å²) < 4.78 is 5.06. The Bertz CT molecular complexity index is 820. The van der Waals surface area contributed by atoms with Crippen molar-refractivity contribution in [2.75, 3.05) is 5.32 Å². The van der Waals surface area contributed by atoms with E-state index in [4.69, 9.17) is 16.1 Å².